The largest absolute Gasteiger partial charge is 0.335 e. The fourth-order valence-electron chi connectivity index (χ4n) is 1.70. The standard InChI is InChI=1S/C12H12ClN3O/c13-11-4-6-15-8-10(11)12(17)16(7-1-5-14)9-2-3-9/h4,6,8-9H,1-3,7H2. The third-order valence-corrected chi connectivity index (χ3v) is 3.04. The molecule has 4 nitrogen and oxygen atoms in total. The van der Waals surface area contributed by atoms with Gasteiger partial charge in [0.1, 0.15) is 0 Å². The van der Waals surface area contributed by atoms with Crippen LogP contribution in [0, 0.1) is 11.3 Å². The monoisotopic (exact) mass is 249 g/mol. The Morgan fingerprint density at radius 3 is 3.00 bits per heavy atom. The van der Waals surface area contributed by atoms with Crippen molar-refractivity contribution in [2.45, 2.75) is 25.3 Å². The highest BCUT2D eigenvalue weighted by Crippen LogP contribution is 2.29. The number of nitriles is 1. The number of hydrogen-bond donors (Lipinski definition) is 0. The van der Waals surface area contributed by atoms with Crippen LogP contribution in [-0.4, -0.2) is 28.4 Å². The second kappa shape index (κ2) is 5.15. The van der Waals surface area contributed by atoms with Crippen molar-refractivity contribution >= 4 is 17.5 Å². The summed E-state index contributed by atoms with van der Waals surface area (Å²) in [5.74, 6) is -0.124. The van der Waals surface area contributed by atoms with E-state index in [1.807, 2.05) is 0 Å². The summed E-state index contributed by atoms with van der Waals surface area (Å²) in [7, 11) is 0. The first-order valence-electron chi connectivity index (χ1n) is 5.51. The smallest absolute Gasteiger partial charge is 0.257 e. The summed E-state index contributed by atoms with van der Waals surface area (Å²) in [6.45, 7) is 0.464. The number of carbonyl (C=O) groups excluding carboxylic acids is 1. The predicted octanol–water partition coefficient (Wildman–Crippen LogP) is 2.25. The summed E-state index contributed by atoms with van der Waals surface area (Å²) in [5.41, 5.74) is 0.416. The van der Waals surface area contributed by atoms with Crippen LogP contribution in [0.3, 0.4) is 0 Å². The van der Waals surface area contributed by atoms with E-state index < -0.39 is 0 Å². The topological polar surface area (TPSA) is 57.0 Å². The lowest BCUT2D eigenvalue weighted by Gasteiger charge is -2.21. The van der Waals surface area contributed by atoms with Crippen LogP contribution in [0.4, 0.5) is 0 Å². The average Bonchev–Trinajstić information content (AvgIpc) is 3.14. The van der Waals surface area contributed by atoms with E-state index in [-0.39, 0.29) is 11.9 Å². The Morgan fingerprint density at radius 1 is 1.65 bits per heavy atom. The minimum Gasteiger partial charge on any atom is -0.335 e. The van der Waals surface area contributed by atoms with Gasteiger partial charge in [-0.3, -0.25) is 9.78 Å². The van der Waals surface area contributed by atoms with Crippen molar-refractivity contribution < 1.29 is 4.79 Å². The molecule has 0 aromatic carbocycles. The molecule has 1 amide bonds. The molecule has 0 unspecified atom stereocenters. The second-order valence-corrected chi connectivity index (χ2v) is 4.40. The molecule has 1 saturated carbocycles. The van der Waals surface area contributed by atoms with Gasteiger partial charge in [0.15, 0.2) is 0 Å². The van der Waals surface area contributed by atoms with Gasteiger partial charge < -0.3 is 4.90 Å². The lowest BCUT2D eigenvalue weighted by atomic mass is 10.2. The summed E-state index contributed by atoms with van der Waals surface area (Å²) < 4.78 is 0. The Bertz CT molecular complexity index is 465. The van der Waals surface area contributed by atoms with Crippen LogP contribution < -0.4 is 0 Å². The van der Waals surface area contributed by atoms with Gasteiger partial charge in [-0.1, -0.05) is 11.6 Å². The number of hydrogen-bond acceptors (Lipinski definition) is 3. The third kappa shape index (κ3) is 2.75. The zero-order valence-electron chi connectivity index (χ0n) is 9.27. The quantitative estimate of drug-likeness (QED) is 0.822. The van der Waals surface area contributed by atoms with Crippen LogP contribution in [0.15, 0.2) is 18.5 Å². The van der Waals surface area contributed by atoms with Gasteiger partial charge in [0.25, 0.3) is 5.91 Å². The first-order chi connectivity index (χ1) is 8.24. The lowest BCUT2D eigenvalue weighted by molar-refractivity contribution is 0.0746. The van der Waals surface area contributed by atoms with Crippen molar-refractivity contribution in [2.24, 2.45) is 0 Å². The number of rotatable bonds is 4. The highest BCUT2D eigenvalue weighted by Gasteiger charge is 2.33. The van der Waals surface area contributed by atoms with Gasteiger partial charge in [0, 0.05) is 25.0 Å². The highest BCUT2D eigenvalue weighted by molar-refractivity contribution is 6.33. The molecule has 1 fully saturated rings. The molecule has 88 valence electrons. The van der Waals surface area contributed by atoms with Gasteiger partial charge in [-0.25, -0.2) is 0 Å². The van der Waals surface area contributed by atoms with E-state index in [1.54, 1.807) is 17.2 Å². The maximum absolute atomic E-state index is 12.2. The van der Waals surface area contributed by atoms with Crippen LogP contribution in [0.2, 0.25) is 5.02 Å². The Hall–Kier alpha value is -1.60. The minimum atomic E-state index is -0.124. The molecule has 0 bridgehead atoms. The Labute approximate surface area is 105 Å². The van der Waals surface area contributed by atoms with E-state index in [1.165, 1.54) is 6.20 Å². The highest BCUT2D eigenvalue weighted by atomic mass is 35.5. The molecule has 1 heterocycles. The van der Waals surface area contributed by atoms with Crippen molar-refractivity contribution in [3.8, 4) is 6.07 Å². The molecule has 0 saturated heterocycles. The van der Waals surface area contributed by atoms with Crippen molar-refractivity contribution in [3.05, 3.63) is 29.0 Å². The van der Waals surface area contributed by atoms with Gasteiger partial charge in [-0.2, -0.15) is 5.26 Å². The molecule has 1 aromatic rings. The first-order valence-corrected chi connectivity index (χ1v) is 5.89. The number of pyridine rings is 1. The van der Waals surface area contributed by atoms with Gasteiger partial charge in [-0.05, 0) is 18.9 Å². The number of carbonyl (C=O) groups is 1. The van der Waals surface area contributed by atoms with Crippen LogP contribution in [0.25, 0.3) is 0 Å². The van der Waals surface area contributed by atoms with Gasteiger partial charge >= 0.3 is 0 Å². The Kier molecular flexibility index (Phi) is 3.60. The Balaban J connectivity index is 2.16. The first kappa shape index (κ1) is 11.9. The van der Waals surface area contributed by atoms with E-state index in [2.05, 4.69) is 11.1 Å². The van der Waals surface area contributed by atoms with Crippen LogP contribution in [0.1, 0.15) is 29.6 Å². The number of nitrogens with zero attached hydrogens (tertiary/aromatic N) is 3. The fourth-order valence-corrected chi connectivity index (χ4v) is 1.88. The zero-order valence-corrected chi connectivity index (χ0v) is 10.0. The molecule has 17 heavy (non-hydrogen) atoms. The molecular weight excluding hydrogens is 238 g/mol. The molecule has 5 heteroatoms. The fraction of sp³-hybridized carbons (Fsp3) is 0.417. The van der Waals surface area contributed by atoms with E-state index in [0.29, 0.717) is 23.6 Å². The molecular formula is C12H12ClN3O. The minimum absolute atomic E-state index is 0.124. The molecule has 0 radical (unpaired) electrons. The third-order valence-electron chi connectivity index (χ3n) is 2.71. The Morgan fingerprint density at radius 2 is 2.41 bits per heavy atom. The van der Waals surface area contributed by atoms with E-state index >= 15 is 0 Å². The summed E-state index contributed by atoms with van der Waals surface area (Å²) in [6.07, 6.45) is 5.40. The average molecular weight is 250 g/mol. The van der Waals surface area contributed by atoms with E-state index in [0.717, 1.165) is 12.8 Å². The lowest BCUT2D eigenvalue weighted by Crippen LogP contribution is -2.34. The second-order valence-electron chi connectivity index (χ2n) is 3.99. The molecule has 0 spiro atoms. The normalized spacial score (nSPS) is 14.1. The summed E-state index contributed by atoms with van der Waals surface area (Å²) >= 11 is 5.97. The predicted molar refractivity (Wildman–Crippen MR) is 63.5 cm³/mol. The SMILES string of the molecule is N#CCCN(C(=O)c1cnccc1Cl)C1CC1. The maximum Gasteiger partial charge on any atom is 0.257 e. The van der Waals surface area contributed by atoms with Crippen LogP contribution >= 0.6 is 11.6 Å². The van der Waals surface area contributed by atoms with Crippen molar-refractivity contribution in [1.82, 2.24) is 9.88 Å². The summed E-state index contributed by atoms with van der Waals surface area (Å²) in [6, 6.07) is 3.93. The molecule has 0 N–H and O–H groups in total. The number of amides is 1. The molecule has 1 aliphatic carbocycles. The summed E-state index contributed by atoms with van der Waals surface area (Å²) in [4.78, 5) is 17.9. The van der Waals surface area contributed by atoms with Gasteiger partial charge in [0.05, 0.1) is 23.1 Å². The van der Waals surface area contributed by atoms with Crippen molar-refractivity contribution in [1.29, 1.82) is 5.26 Å². The van der Waals surface area contributed by atoms with Crippen LogP contribution in [-0.2, 0) is 0 Å². The summed E-state index contributed by atoms with van der Waals surface area (Å²) in [5, 5.41) is 9.01. The van der Waals surface area contributed by atoms with Crippen molar-refractivity contribution in [2.75, 3.05) is 6.54 Å². The molecule has 0 atom stereocenters. The molecule has 1 aromatic heterocycles. The van der Waals surface area contributed by atoms with Crippen molar-refractivity contribution in [3.63, 3.8) is 0 Å². The zero-order chi connectivity index (χ0) is 12.3. The molecule has 1 aliphatic rings. The number of halogens is 1. The molecule has 2 rings (SSSR count). The van der Waals surface area contributed by atoms with E-state index in [4.69, 9.17) is 16.9 Å². The number of aromatic nitrogens is 1. The van der Waals surface area contributed by atoms with E-state index in [9.17, 15) is 4.79 Å². The van der Waals surface area contributed by atoms with Crippen LogP contribution in [0.5, 0.6) is 0 Å². The van der Waals surface area contributed by atoms with Gasteiger partial charge in [0.2, 0.25) is 0 Å². The maximum atomic E-state index is 12.2. The van der Waals surface area contributed by atoms with Gasteiger partial charge in [-0.15, -0.1) is 0 Å². The molecule has 0 aliphatic heterocycles.